The predicted molar refractivity (Wildman–Crippen MR) is 120 cm³/mol. The van der Waals surface area contributed by atoms with Crippen molar-refractivity contribution in [3.05, 3.63) is 35.9 Å². The van der Waals surface area contributed by atoms with Crippen molar-refractivity contribution in [3.63, 3.8) is 0 Å². The zero-order chi connectivity index (χ0) is 22.0. The van der Waals surface area contributed by atoms with Crippen LogP contribution < -0.4 is 0 Å². The first-order valence-corrected chi connectivity index (χ1v) is 11.3. The van der Waals surface area contributed by atoms with Gasteiger partial charge in [0.15, 0.2) is 0 Å². The number of hydrogen-bond donors (Lipinski definition) is 0. The van der Waals surface area contributed by atoms with Crippen LogP contribution in [0.4, 0.5) is 0 Å². The summed E-state index contributed by atoms with van der Waals surface area (Å²) >= 11 is 0. The molecule has 0 radical (unpaired) electrons. The first-order valence-electron chi connectivity index (χ1n) is 11.3. The number of nitrogens with zero attached hydrogens (tertiary/aromatic N) is 2. The third-order valence-electron chi connectivity index (χ3n) is 6.72. The number of rotatable bonds is 0. The van der Waals surface area contributed by atoms with Gasteiger partial charge in [-0.2, -0.15) is 0 Å². The Balaban J connectivity index is 0.000000163. The molecule has 1 aromatic carbocycles. The molecule has 1 saturated carbocycles. The first kappa shape index (κ1) is 24.3. The van der Waals surface area contributed by atoms with E-state index in [4.69, 9.17) is 4.79 Å². The van der Waals surface area contributed by atoms with Crippen molar-refractivity contribution >= 4 is 18.5 Å². The summed E-state index contributed by atoms with van der Waals surface area (Å²) in [5.74, 6) is 0.597. The van der Waals surface area contributed by atoms with Gasteiger partial charge in [-0.1, -0.05) is 35.9 Å². The normalized spacial score (nSPS) is 24.2. The average Bonchev–Trinajstić information content (AvgIpc) is 3.25. The van der Waals surface area contributed by atoms with E-state index in [9.17, 15) is 9.59 Å². The molecule has 5 heteroatoms. The Labute approximate surface area is 181 Å². The van der Waals surface area contributed by atoms with Gasteiger partial charge in [0, 0.05) is 37.4 Å². The maximum absolute atomic E-state index is 11.6. The van der Waals surface area contributed by atoms with E-state index in [-0.39, 0.29) is 11.9 Å². The van der Waals surface area contributed by atoms with Crippen molar-refractivity contribution in [2.75, 3.05) is 20.1 Å². The van der Waals surface area contributed by atoms with Gasteiger partial charge in [0.2, 0.25) is 5.91 Å². The molecular formula is C25H38N2O3. The van der Waals surface area contributed by atoms with Crippen molar-refractivity contribution in [2.24, 2.45) is 0 Å². The highest BCUT2D eigenvalue weighted by Crippen LogP contribution is 2.48. The second-order valence-corrected chi connectivity index (χ2v) is 8.88. The van der Waals surface area contributed by atoms with Crippen molar-refractivity contribution in [3.8, 4) is 0 Å². The Morgan fingerprint density at radius 1 is 0.933 bits per heavy atom. The Bertz CT molecular complexity index is 672. The molecule has 0 bridgehead atoms. The summed E-state index contributed by atoms with van der Waals surface area (Å²) in [6, 6.07) is 10.5. The van der Waals surface area contributed by atoms with Gasteiger partial charge < -0.3 is 14.6 Å². The van der Waals surface area contributed by atoms with Gasteiger partial charge in [0.05, 0.1) is 0 Å². The molecule has 1 atom stereocenters. The highest BCUT2D eigenvalue weighted by Gasteiger charge is 2.48. The van der Waals surface area contributed by atoms with Crippen molar-refractivity contribution in [1.82, 2.24) is 9.80 Å². The van der Waals surface area contributed by atoms with Crippen molar-refractivity contribution < 1.29 is 14.4 Å². The first-order chi connectivity index (χ1) is 14.5. The van der Waals surface area contributed by atoms with Crippen LogP contribution in [0.1, 0.15) is 69.8 Å². The SMILES string of the molecule is C=O.CN1CCCC12CC2.Cc1ccccc1.O=C1CCCC(=O)N2CCC[C@@H]2C1. The third kappa shape index (κ3) is 7.05. The second kappa shape index (κ2) is 12.0. The summed E-state index contributed by atoms with van der Waals surface area (Å²) < 4.78 is 0. The van der Waals surface area contributed by atoms with Crippen LogP contribution in [0.25, 0.3) is 0 Å². The number of benzene rings is 1. The van der Waals surface area contributed by atoms with Gasteiger partial charge in [0.1, 0.15) is 12.6 Å². The van der Waals surface area contributed by atoms with Gasteiger partial charge in [-0.3, -0.25) is 9.59 Å². The van der Waals surface area contributed by atoms with Crippen LogP contribution in [0, 0.1) is 6.92 Å². The van der Waals surface area contributed by atoms with Crippen molar-refractivity contribution in [2.45, 2.75) is 82.7 Å². The topological polar surface area (TPSA) is 57.7 Å². The van der Waals surface area contributed by atoms with Gasteiger partial charge in [-0.25, -0.2) is 0 Å². The fourth-order valence-electron chi connectivity index (χ4n) is 4.71. The second-order valence-electron chi connectivity index (χ2n) is 8.88. The fourth-order valence-corrected chi connectivity index (χ4v) is 4.71. The summed E-state index contributed by atoms with van der Waals surface area (Å²) in [4.78, 5) is 35.4. The molecule has 4 aliphatic rings. The summed E-state index contributed by atoms with van der Waals surface area (Å²) in [6.45, 7) is 6.30. The smallest absolute Gasteiger partial charge is 0.222 e. The monoisotopic (exact) mass is 414 g/mol. The maximum atomic E-state index is 11.6. The van der Waals surface area contributed by atoms with E-state index in [1.807, 2.05) is 29.9 Å². The standard InChI is InChI=1S/C10H15NO2.C7H13N.C7H8.CH2O/c12-9-4-1-5-10(13)11-6-2-3-8(11)7-9;1-8-6-2-3-7(8)4-5-7;1-7-5-3-2-4-6-7;1-2/h8H,1-7H2;2-6H2,1H3;2-6H,1H3;1H2/t8-;;;/m1.../s1. The Hall–Kier alpha value is -2.01. The summed E-state index contributed by atoms with van der Waals surface area (Å²) in [5.41, 5.74) is 2.06. The Kier molecular flexibility index (Phi) is 9.70. The Morgan fingerprint density at radius 2 is 1.63 bits per heavy atom. The fraction of sp³-hybridized carbons (Fsp3) is 0.640. The summed E-state index contributed by atoms with van der Waals surface area (Å²) in [5, 5.41) is 0. The van der Waals surface area contributed by atoms with E-state index in [1.54, 1.807) is 0 Å². The van der Waals surface area contributed by atoms with Crippen LogP contribution in [-0.2, 0) is 14.4 Å². The largest absolute Gasteiger partial charge is 0.339 e. The lowest BCUT2D eigenvalue weighted by Crippen LogP contribution is -2.38. The zero-order valence-electron chi connectivity index (χ0n) is 18.8. The van der Waals surface area contributed by atoms with Gasteiger partial charge >= 0.3 is 0 Å². The van der Waals surface area contributed by atoms with E-state index in [1.165, 1.54) is 37.8 Å². The molecule has 1 aromatic rings. The molecule has 0 N–H and O–H groups in total. The number of carbonyl (C=O) groups excluding carboxylic acids is 3. The number of aryl methyl sites for hydroxylation is 1. The number of hydrogen-bond acceptors (Lipinski definition) is 4. The summed E-state index contributed by atoms with van der Waals surface area (Å²) in [7, 11) is 2.26. The minimum atomic E-state index is 0.236. The number of fused-ring (bicyclic) bond motifs is 1. The van der Waals surface area contributed by atoms with Crippen LogP contribution in [0.3, 0.4) is 0 Å². The Morgan fingerprint density at radius 3 is 2.13 bits per heavy atom. The molecular weight excluding hydrogens is 376 g/mol. The molecule has 30 heavy (non-hydrogen) atoms. The van der Waals surface area contributed by atoms with Crippen molar-refractivity contribution in [1.29, 1.82) is 0 Å². The van der Waals surface area contributed by atoms with E-state index in [0.717, 1.165) is 31.3 Å². The highest BCUT2D eigenvalue weighted by molar-refractivity contribution is 5.83. The number of Topliss-reactive ketones (excluding diaryl/α,β-unsaturated/α-hetero) is 1. The quantitative estimate of drug-likeness (QED) is 0.639. The van der Waals surface area contributed by atoms with Crippen LogP contribution in [0.15, 0.2) is 30.3 Å². The van der Waals surface area contributed by atoms with E-state index in [0.29, 0.717) is 25.0 Å². The molecule has 3 heterocycles. The van der Waals surface area contributed by atoms with Gasteiger partial charge in [-0.05, 0) is 65.5 Å². The molecule has 1 amide bonds. The van der Waals surface area contributed by atoms with Crippen LogP contribution in [0.5, 0.6) is 0 Å². The van der Waals surface area contributed by atoms with E-state index >= 15 is 0 Å². The lowest BCUT2D eigenvalue weighted by Gasteiger charge is -2.26. The molecule has 166 valence electrons. The van der Waals surface area contributed by atoms with Gasteiger partial charge in [0.25, 0.3) is 0 Å². The lowest BCUT2D eigenvalue weighted by atomic mass is 10.0. The number of likely N-dealkylation sites (tertiary alicyclic amines) is 1. The number of carbonyl (C=O) groups is 3. The van der Waals surface area contributed by atoms with Crippen LogP contribution in [-0.4, -0.2) is 60.0 Å². The maximum Gasteiger partial charge on any atom is 0.222 e. The minimum Gasteiger partial charge on any atom is -0.339 e. The lowest BCUT2D eigenvalue weighted by molar-refractivity contribution is -0.134. The molecule has 3 saturated heterocycles. The number of amides is 1. The van der Waals surface area contributed by atoms with Crippen LogP contribution in [0.2, 0.25) is 0 Å². The van der Waals surface area contributed by atoms with E-state index < -0.39 is 0 Å². The molecule has 5 nitrogen and oxygen atoms in total. The number of ketones is 1. The molecule has 0 unspecified atom stereocenters. The minimum absolute atomic E-state index is 0.236. The third-order valence-corrected chi connectivity index (χ3v) is 6.72. The average molecular weight is 415 g/mol. The molecule has 3 aliphatic heterocycles. The zero-order valence-corrected chi connectivity index (χ0v) is 18.8. The van der Waals surface area contributed by atoms with Crippen LogP contribution >= 0.6 is 0 Å². The predicted octanol–water partition coefficient (Wildman–Crippen LogP) is 4.18. The van der Waals surface area contributed by atoms with Gasteiger partial charge in [-0.15, -0.1) is 0 Å². The molecule has 5 rings (SSSR count). The molecule has 1 spiro atoms. The summed E-state index contributed by atoms with van der Waals surface area (Å²) in [6.07, 6.45) is 10.5. The molecule has 0 aromatic heterocycles. The molecule has 1 aliphatic carbocycles. The highest BCUT2D eigenvalue weighted by atomic mass is 16.2. The molecule has 4 fully saturated rings. The van der Waals surface area contributed by atoms with E-state index in [2.05, 4.69) is 31.0 Å².